The van der Waals surface area contributed by atoms with Gasteiger partial charge in [0.1, 0.15) is 32.1 Å². The number of aryl methyl sites for hydroxylation is 4. The summed E-state index contributed by atoms with van der Waals surface area (Å²) < 4.78 is 21.3. The van der Waals surface area contributed by atoms with Crippen molar-refractivity contribution in [2.24, 2.45) is 9.98 Å². The van der Waals surface area contributed by atoms with Gasteiger partial charge in [-0.1, -0.05) is 23.2 Å². The number of aromatic nitrogens is 4. The SMILES string of the molecule is CCn1c(=O)n(CC)c2c(Br)c3c(cc21)Oc1c(Cl)c2c(c(Cl)c1=N3)Oc1c(c(Br)c3c(c1Br)n(CC)c(=O)n3CC)N=2. The summed E-state index contributed by atoms with van der Waals surface area (Å²) in [6.45, 7) is 9.55. The van der Waals surface area contributed by atoms with Crippen LogP contribution in [0.2, 0.25) is 10.0 Å². The highest BCUT2D eigenvalue weighted by molar-refractivity contribution is 9.11. The molecule has 0 unspecified atom stereocenters. The molecule has 3 aromatic carbocycles. The van der Waals surface area contributed by atoms with Crippen LogP contribution < -0.4 is 31.6 Å². The van der Waals surface area contributed by atoms with Crippen molar-refractivity contribution < 1.29 is 9.47 Å². The average molecular weight is 816 g/mol. The Labute approximate surface area is 278 Å². The van der Waals surface area contributed by atoms with Gasteiger partial charge >= 0.3 is 11.4 Å². The smallest absolute Gasteiger partial charge is 0.329 e. The summed E-state index contributed by atoms with van der Waals surface area (Å²) in [5.41, 5.74) is 3.44. The second-order valence-corrected chi connectivity index (χ2v) is 13.0. The van der Waals surface area contributed by atoms with Gasteiger partial charge in [-0.05, 0) is 75.5 Å². The first-order valence-electron chi connectivity index (χ1n) is 13.5. The van der Waals surface area contributed by atoms with Crippen LogP contribution in [0.1, 0.15) is 27.7 Å². The first-order valence-corrected chi connectivity index (χ1v) is 16.7. The van der Waals surface area contributed by atoms with Crippen LogP contribution in [0, 0.1) is 0 Å². The third kappa shape index (κ3) is 3.74. The third-order valence-electron chi connectivity index (χ3n) is 7.82. The van der Waals surface area contributed by atoms with Gasteiger partial charge in [0.15, 0.2) is 23.0 Å². The first kappa shape index (κ1) is 29.1. The van der Waals surface area contributed by atoms with E-state index >= 15 is 0 Å². The number of nitrogens with zero attached hydrogens (tertiary/aromatic N) is 6. The van der Waals surface area contributed by atoms with Gasteiger partial charge in [0.25, 0.3) is 0 Å². The van der Waals surface area contributed by atoms with Crippen molar-refractivity contribution in [2.75, 3.05) is 0 Å². The molecule has 222 valence electrons. The number of halogens is 5. The summed E-state index contributed by atoms with van der Waals surface area (Å²) >= 11 is 25.0. The number of rotatable bonds is 4. The molecule has 0 bridgehead atoms. The third-order valence-corrected chi connectivity index (χ3v) is 10.8. The minimum absolute atomic E-state index is 0.120. The van der Waals surface area contributed by atoms with E-state index in [4.69, 9.17) is 42.7 Å². The van der Waals surface area contributed by atoms with Crippen molar-refractivity contribution in [1.82, 2.24) is 18.3 Å². The van der Waals surface area contributed by atoms with E-state index in [2.05, 4.69) is 47.8 Å². The van der Waals surface area contributed by atoms with Gasteiger partial charge in [0.2, 0.25) is 0 Å². The molecule has 2 aliphatic heterocycles. The molecule has 0 saturated carbocycles. The molecule has 0 N–H and O–H groups in total. The predicted molar refractivity (Wildman–Crippen MR) is 176 cm³/mol. The van der Waals surface area contributed by atoms with Gasteiger partial charge in [-0.2, -0.15) is 0 Å². The molecule has 0 radical (unpaired) electrons. The van der Waals surface area contributed by atoms with Crippen LogP contribution >= 0.6 is 71.0 Å². The zero-order valence-corrected chi connectivity index (χ0v) is 29.4. The minimum atomic E-state index is -0.139. The fraction of sp³-hybridized carbons (Fsp3) is 0.286. The summed E-state index contributed by atoms with van der Waals surface area (Å²) in [6, 6.07) is 1.79. The summed E-state index contributed by atoms with van der Waals surface area (Å²) in [4.78, 5) is 36.0. The molecule has 43 heavy (non-hydrogen) atoms. The molecule has 0 atom stereocenters. The number of benzene rings is 3. The van der Waals surface area contributed by atoms with Crippen molar-refractivity contribution in [3.63, 3.8) is 0 Å². The Bertz CT molecular complexity index is 2360. The summed E-state index contributed by atoms with van der Waals surface area (Å²) in [7, 11) is 0. The number of imidazole rings is 2. The maximum absolute atomic E-state index is 13.2. The Kier molecular flexibility index (Phi) is 6.93. The molecule has 5 aromatic rings. The van der Waals surface area contributed by atoms with E-state index in [9.17, 15) is 9.59 Å². The summed E-state index contributed by atoms with van der Waals surface area (Å²) in [5.74, 6) is 1.23. The van der Waals surface area contributed by atoms with Crippen LogP contribution in [0.3, 0.4) is 0 Å². The van der Waals surface area contributed by atoms with E-state index < -0.39 is 0 Å². The fourth-order valence-electron chi connectivity index (χ4n) is 5.87. The van der Waals surface area contributed by atoms with E-state index in [0.29, 0.717) is 84.5 Å². The second kappa shape index (κ2) is 10.2. The molecule has 10 nitrogen and oxygen atoms in total. The van der Waals surface area contributed by atoms with Crippen LogP contribution in [0.5, 0.6) is 23.0 Å². The van der Waals surface area contributed by atoms with Crippen LogP contribution in [-0.2, 0) is 26.2 Å². The molecule has 0 aliphatic carbocycles. The lowest BCUT2D eigenvalue weighted by molar-refractivity contribution is 0.450. The standard InChI is InChI=1S/C28H21Br3Cl2N6O4/c1-5-36-10-9-11-17(12(29)21(10)37(6-2)27(36)40)34-19-16(33)26-20(15(32)25(19)42-11)35-18-13(30)22-23(14(31)24(18)43-26)39(8-4)28(41)38(22)7-3/h9H,5-8H2,1-4H3. The minimum Gasteiger partial charge on any atom is -0.451 e. The maximum Gasteiger partial charge on any atom is 0.329 e. The van der Waals surface area contributed by atoms with Gasteiger partial charge in [0, 0.05) is 32.2 Å². The maximum atomic E-state index is 13.2. The fourth-order valence-corrected chi connectivity index (χ4v) is 8.42. The normalized spacial score (nSPS) is 13.1. The Morgan fingerprint density at radius 2 is 1.12 bits per heavy atom. The molecule has 2 aromatic heterocycles. The van der Waals surface area contributed by atoms with Crippen molar-refractivity contribution in [1.29, 1.82) is 0 Å². The van der Waals surface area contributed by atoms with Gasteiger partial charge in [-0.25, -0.2) is 19.6 Å². The summed E-state index contributed by atoms with van der Waals surface area (Å²) in [6.07, 6.45) is 0. The molecule has 0 amide bonds. The van der Waals surface area contributed by atoms with Crippen molar-refractivity contribution in [3.05, 3.63) is 61.2 Å². The van der Waals surface area contributed by atoms with Crippen molar-refractivity contribution in [3.8, 4) is 23.0 Å². The highest BCUT2D eigenvalue weighted by atomic mass is 79.9. The van der Waals surface area contributed by atoms with Crippen LogP contribution in [0.4, 0.5) is 11.4 Å². The van der Waals surface area contributed by atoms with E-state index in [1.807, 2.05) is 27.7 Å². The van der Waals surface area contributed by atoms with Gasteiger partial charge in [-0.15, -0.1) is 0 Å². The Balaban J connectivity index is 1.53. The highest BCUT2D eigenvalue weighted by Gasteiger charge is 2.33. The molecule has 0 saturated heterocycles. The average Bonchev–Trinajstić information content (AvgIpc) is 3.46. The van der Waals surface area contributed by atoms with E-state index in [1.54, 1.807) is 24.3 Å². The summed E-state index contributed by atoms with van der Waals surface area (Å²) in [5, 5.41) is 0.858. The molecular formula is C28H21Br3Cl2N6O4. The Morgan fingerprint density at radius 3 is 1.70 bits per heavy atom. The zero-order valence-electron chi connectivity index (χ0n) is 23.1. The Hall–Kier alpha value is -2.58. The largest absolute Gasteiger partial charge is 0.451 e. The number of hydrogen-bond acceptors (Lipinski definition) is 6. The molecule has 4 heterocycles. The van der Waals surface area contributed by atoms with Crippen LogP contribution in [0.15, 0.2) is 39.1 Å². The van der Waals surface area contributed by atoms with Gasteiger partial charge in [0.05, 0.1) is 35.5 Å². The van der Waals surface area contributed by atoms with Crippen LogP contribution in [0.25, 0.3) is 22.1 Å². The number of hydrogen-bond donors (Lipinski definition) is 0. The Morgan fingerprint density at radius 1 is 0.651 bits per heavy atom. The monoisotopic (exact) mass is 812 g/mol. The molecule has 0 fully saturated rings. The van der Waals surface area contributed by atoms with E-state index in [0.717, 1.165) is 0 Å². The molecular weight excluding hydrogens is 795 g/mol. The number of ether oxygens (including phenoxy) is 2. The predicted octanol–water partition coefficient (Wildman–Crippen LogP) is 7.71. The van der Waals surface area contributed by atoms with Crippen molar-refractivity contribution >= 4 is 104 Å². The van der Waals surface area contributed by atoms with Gasteiger partial charge in [-0.3, -0.25) is 18.3 Å². The lowest BCUT2D eigenvalue weighted by atomic mass is 10.2. The number of fused-ring (bicyclic) bond motifs is 6. The van der Waals surface area contributed by atoms with E-state index in [1.165, 1.54) is 0 Å². The lowest BCUT2D eigenvalue weighted by Crippen LogP contribution is -2.23. The molecule has 0 spiro atoms. The van der Waals surface area contributed by atoms with E-state index in [-0.39, 0.29) is 43.6 Å². The second-order valence-electron chi connectivity index (χ2n) is 9.86. The first-order chi connectivity index (χ1) is 20.6. The van der Waals surface area contributed by atoms with Gasteiger partial charge < -0.3 is 9.47 Å². The quantitative estimate of drug-likeness (QED) is 0.182. The van der Waals surface area contributed by atoms with Crippen LogP contribution in [-0.4, -0.2) is 18.3 Å². The van der Waals surface area contributed by atoms with Crippen molar-refractivity contribution in [2.45, 2.75) is 53.9 Å². The molecule has 7 rings (SSSR count). The lowest BCUT2D eigenvalue weighted by Gasteiger charge is -2.23. The zero-order chi connectivity index (χ0) is 30.6. The molecule has 2 aliphatic rings. The molecule has 15 heteroatoms. The highest BCUT2D eigenvalue weighted by Crippen LogP contribution is 2.52. The topological polar surface area (TPSA) is 97.0 Å².